The lowest BCUT2D eigenvalue weighted by molar-refractivity contribution is -0.159. The smallest absolute Gasteiger partial charge is 0.333 e. The van der Waals surface area contributed by atoms with Crippen LogP contribution in [0, 0.1) is 5.41 Å². The molecular weight excluding hydrogens is 252 g/mol. The highest BCUT2D eigenvalue weighted by Gasteiger charge is 2.31. The molecule has 5 heteroatoms. The van der Waals surface area contributed by atoms with Crippen molar-refractivity contribution in [1.29, 1.82) is 0 Å². The summed E-state index contributed by atoms with van der Waals surface area (Å²) >= 11 is 1.71. The van der Waals surface area contributed by atoms with Gasteiger partial charge in [-0.3, -0.25) is 4.79 Å². The summed E-state index contributed by atoms with van der Waals surface area (Å²) in [5, 5.41) is 0. The summed E-state index contributed by atoms with van der Waals surface area (Å²) in [7, 11) is 0. The van der Waals surface area contributed by atoms with Crippen LogP contribution in [0.1, 0.15) is 27.7 Å². The highest BCUT2D eigenvalue weighted by Crippen LogP contribution is 2.18. The van der Waals surface area contributed by atoms with Gasteiger partial charge in [-0.25, -0.2) is 4.79 Å². The van der Waals surface area contributed by atoms with E-state index in [9.17, 15) is 9.59 Å². The van der Waals surface area contributed by atoms with Crippen molar-refractivity contribution in [2.75, 3.05) is 24.7 Å². The molecule has 0 aliphatic rings. The van der Waals surface area contributed by atoms with Gasteiger partial charge in [0.1, 0.15) is 13.2 Å². The van der Waals surface area contributed by atoms with Gasteiger partial charge in [0.2, 0.25) is 0 Å². The Bertz CT molecular complexity index is 310. The lowest BCUT2D eigenvalue weighted by Gasteiger charge is -2.22. The van der Waals surface area contributed by atoms with E-state index < -0.39 is 11.4 Å². The molecule has 18 heavy (non-hydrogen) atoms. The van der Waals surface area contributed by atoms with Crippen LogP contribution in [0.4, 0.5) is 0 Å². The minimum atomic E-state index is -0.831. The molecule has 0 heterocycles. The zero-order chi connectivity index (χ0) is 14.2. The third-order valence-corrected chi connectivity index (χ3v) is 2.99. The molecule has 0 rings (SSSR count). The Balaban J connectivity index is 4.06. The van der Waals surface area contributed by atoms with Gasteiger partial charge in [-0.05, 0) is 26.5 Å². The normalized spacial score (nSPS) is 10.9. The zero-order valence-electron chi connectivity index (χ0n) is 11.6. The Kier molecular flexibility index (Phi) is 7.75. The summed E-state index contributed by atoms with van der Waals surface area (Å²) in [6, 6.07) is 0. The zero-order valence-corrected chi connectivity index (χ0v) is 12.4. The molecule has 0 fully saturated rings. The van der Waals surface area contributed by atoms with E-state index in [4.69, 9.17) is 9.47 Å². The van der Waals surface area contributed by atoms with Crippen molar-refractivity contribution in [3.8, 4) is 0 Å². The van der Waals surface area contributed by atoms with Crippen LogP contribution in [0.25, 0.3) is 0 Å². The molecule has 0 radical (unpaired) electrons. The van der Waals surface area contributed by atoms with Crippen LogP contribution in [0.5, 0.6) is 0 Å². The molecule has 0 amide bonds. The highest BCUT2D eigenvalue weighted by atomic mass is 32.2. The molecule has 0 aromatic rings. The summed E-state index contributed by atoms with van der Waals surface area (Å²) in [5.41, 5.74) is -0.513. The van der Waals surface area contributed by atoms with E-state index in [1.807, 2.05) is 6.92 Å². The van der Waals surface area contributed by atoms with Crippen LogP contribution in [-0.2, 0) is 19.1 Å². The summed E-state index contributed by atoms with van der Waals surface area (Å²) in [6.45, 7) is 10.9. The average molecular weight is 274 g/mol. The molecule has 0 aliphatic heterocycles. The van der Waals surface area contributed by atoms with Crippen molar-refractivity contribution in [2.45, 2.75) is 27.7 Å². The maximum atomic E-state index is 11.8. The van der Waals surface area contributed by atoms with Crippen molar-refractivity contribution >= 4 is 23.7 Å². The van der Waals surface area contributed by atoms with Crippen LogP contribution >= 0.6 is 11.8 Å². The van der Waals surface area contributed by atoms with Crippen LogP contribution in [-0.4, -0.2) is 36.7 Å². The summed E-state index contributed by atoms with van der Waals surface area (Å²) in [6.07, 6.45) is 0. The molecule has 0 spiro atoms. The number of thioether (sulfide) groups is 1. The van der Waals surface area contributed by atoms with Crippen LogP contribution in [0.3, 0.4) is 0 Å². The molecule has 0 saturated carbocycles. The van der Waals surface area contributed by atoms with Crippen LogP contribution in [0.15, 0.2) is 12.2 Å². The summed E-state index contributed by atoms with van der Waals surface area (Å²) < 4.78 is 10.1. The van der Waals surface area contributed by atoms with Crippen molar-refractivity contribution in [2.24, 2.45) is 5.41 Å². The Morgan fingerprint density at radius 2 is 1.89 bits per heavy atom. The van der Waals surface area contributed by atoms with Crippen LogP contribution in [0.2, 0.25) is 0 Å². The largest absolute Gasteiger partial charge is 0.464 e. The fraction of sp³-hybridized carbons (Fsp3) is 0.692. The number of carbonyl (C=O) groups is 2. The Hall–Kier alpha value is -0.970. The standard InChI is InChI=1S/C13H22O4S/c1-6-18-8-7-16-12(15)13(4,5)9-17-11(14)10(2)3/h2,6-9H2,1,3-5H3. The van der Waals surface area contributed by atoms with E-state index in [-0.39, 0.29) is 12.6 Å². The van der Waals surface area contributed by atoms with Crippen molar-refractivity contribution < 1.29 is 19.1 Å². The second kappa shape index (κ2) is 8.19. The van der Waals surface area contributed by atoms with Gasteiger partial charge in [0.25, 0.3) is 0 Å². The molecule has 0 unspecified atom stereocenters. The Morgan fingerprint density at radius 3 is 2.39 bits per heavy atom. The molecule has 0 saturated heterocycles. The monoisotopic (exact) mass is 274 g/mol. The fourth-order valence-electron chi connectivity index (χ4n) is 0.961. The molecule has 0 aromatic heterocycles. The lowest BCUT2D eigenvalue weighted by Crippen LogP contribution is -2.33. The minimum absolute atomic E-state index is 0.00154. The second-order valence-electron chi connectivity index (χ2n) is 4.57. The SMILES string of the molecule is C=C(C)C(=O)OCC(C)(C)C(=O)OCCSCC. The molecule has 0 atom stereocenters. The molecule has 4 nitrogen and oxygen atoms in total. The van der Waals surface area contributed by atoms with Gasteiger partial charge in [0, 0.05) is 11.3 Å². The van der Waals surface area contributed by atoms with E-state index in [0.717, 1.165) is 11.5 Å². The van der Waals surface area contributed by atoms with Gasteiger partial charge in [-0.2, -0.15) is 11.8 Å². The number of carbonyl (C=O) groups excluding carboxylic acids is 2. The Labute approximate surface area is 113 Å². The quantitative estimate of drug-likeness (QED) is 0.386. The van der Waals surface area contributed by atoms with Crippen molar-refractivity contribution in [3.05, 3.63) is 12.2 Å². The van der Waals surface area contributed by atoms with E-state index in [1.54, 1.807) is 32.5 Å². The third-order valence-electron chi connectivity index (χ3n) is 2.13. The number of esters is 2. The lowest BCUT2D eigenvalue weighted by atomic mass is 9.95. The highest BCUT2D eigenvalue weighted by molar-refractivity contribution is 7.99. The van der Waals surface area contributed by atoms with Gasteiger partial charge >= 0.3 is 11.9 Å². The average Bonchev–Trinajstić information content (AvgIpc) is 2.31. The fourth-order valence-corrected chi connectivity index (χ4v) is 1.45. The second-order valence-corrected chi connectivity index (χ2v) is 5.97. The van der Waals surface area contributed by atoms with Gasteiger partial charge in [0.05, 0.1) is 5.41 Å². The topological polar surface area (TPSA) is 52.6 Å². The number of rotatable bonds is 8. The first-order valence-corrected chi connectivity index (χ1v) is 7.04. The summed E-state index contributed by atoms with van der Waals surface area (Å²) in [4.78, 5) is 23.0. The first-order chi connectivity index (χ1) is 8.31. The maximum Gasteiger partial charge on any atom is 0.333 e. The van der Waals surface area contributed by atoms with Gasteiger partial charge < -0.3 is 9.47 Å². The van der Waals surface area contributed by atoms with Gasteiger partial charge in [-0.1, -0.05) is 13.5 Å². The molecule has 0 aromatic carbocycles. The molecule has 0 N–H and O–H groups in total. The van der Waals surface area contributed by atoms with E-state index in [1.165, 1.54) is 0 Å². The van der Waals surface area contributed by atoms with Gasteiger partial charge in [-0.15, -0.1) is 0 Å². The molecule has 0 bridgehead atoms. The number of hydrogen-bond donors (Lipinski definition) is 0. The summed E-state index contributed by atoms with van der Waals surface area (Å²) in [5.74, 6) is 0.937. The first kappa shape index (κ1) is 17.0. The number of hydrogen-bond acceptors (Lipinski definition) is 5. The molecular formula is C13H22O4S. The van der Waals surface area contributed by atoms with E-state index >= 15 is 0 Å². The first-order valence-electron chi connectivity index (χ1n) is 5.89. The van der Waals surface area contributed by atoms with E-state index in [2.05, 4.69) is 6.58 Å². The number of ether oxygens (including phenoxy) is 2. The maximum absolute atomic E-state index is 11.8. The predicted molar refractivity (Wildman–Crippen MR) is 73.5 cm³/mol. The molecule has 0 aliphatic carbocycles. The van der Waals surface area contributed by atoms with Gasteiger partial charge in [0.15, 0.2) is 0 Å². The minimum Gasteiger partial charge on any atom is -0.464 e. The van der Waals surface area contributed by atoms with Crippen LogP contribution < -0.4 is 0 Å². The Morgan fingerprint density at radius 1 is 1.28 bits per heavy atom. The van der Waals surface area contributed by atoms with E-state index in [0.29, 0.717) is 12.2 Å². The van der Waals surface area contributed by atoms with Crippen molar-refractivity contribution in [3.63, 3.8) is 0 Å². The molecule has 104 valence electrons. The predicted octanol–water partition coefficient (Wildman–Crippen LogP) is 2.43. The third kappa shape index (κ3) is 6.69. The van der Waals surface area contributed by atoms with Crippen molar-refractivity contribution in [1.82, 2.24) is 0 Å².